The number of rotatable bonds is 4. The van der Waals surface area contributed by atoms with Gasteiger partial charge in [-0.3, -0.25) is 4.79 Å². The Morgan fingerprint density at radius 1 is 1.17 bits per heavy atom. The smallest absolute Gasteiger partial charge is 0.342 e. The zero-order valence-electron chi connectivity index (χ0n) is 12.0. The van der Waals surface area contributed by atoms with Crippen molar-refractivity contribution in [1.82, 2.24) is 5.43 Å². The molecular weight excluding hydrogens is 296 g/mol. The third-order valence-electron chi connectivity index (χ3n) is 3.25. The van der Waals surface area contributed by atoms with Crippen LogP contribution in [-0.4, -0.2) is 12.4 Å². The predicted octanol–water partition coefficient (Wildman–Crippen LogP) is 2.45. The van der Waals surface area contributed by atoms with Crippen LogP contribution in [0.5, 0.6) is 0 Å². The van der Waals surface area contributed by atoms with Gasteiger partial charge in [0.05, 0.1) is 11.8 Å². The van der Waals surface area contributed by atoms with Gasteiger partial charge in [-0.05, 0) is 30.3 Å². The Hall–Kier alpha value is -3.41. The van der Waals surface area contributed by atoms with Gasteiger partial charge in [0.15, 0.2) is 0 Å². The molecule has 1 aromatic heterocycles. The number of hydrogen-bond acceptors (Lipinski definition) is 5. The van der Waals surface area contributed by atoms with Gasteiger partial charge in [0.25, 0.3) is 0 Å². The van der Waals surface area contributed by atoms with Gasteiger partial charge < -0.3 is 9.15 Å². The van der Waals surface area contributed by atoms with Crippen LogP contribution in [0.3, 0.4) is 0 Å². The summed E-state index contributed by atoms with van der Waals surface area (Å²) in [4.78, 5) is 22.4. The molecule has 0 aliphatic carbocycles. The molecule has 114 valence electrons. The molecule has 1 amide bonds. The lowest BCUT2D eigenvalue weighted by Crippen LogP contribution is -2.13. The number of para-hydroxylation sites is 1. The molecule has 1 heterocycles. The summed E-state index contributed by atoms with van der Waals surface area (Å²) in [5.74, 6) is -0.538. The molecule has 6 nitrogen and oxygen atoms in total. The van der Waals surface area contributed by atoms with E-state index in [1.807, 2.05) is 18.2 Å². The molecule has 0 aliphatic rings. The largest absolute Gasteiger partial charge is 0.456 e. The van der Waals surface area contributed by atoms with Gasteiger partial charge in [-0.2, -0.15) is 5.10 Å². The highest BCUT2D eigenvalue weighted by molar-refractivity contribution is 5.96. The fourth-order valence-electron chi connectivity index (χ4n) is 2.30. The lowest BCUT2D eigenvalue weighted by molar-refractivity contribution is -0.109. The Morgan fingerprint density at radius 3 is 2.74 bits per heavy atom. The molecule has 3 aromatic rings. The highest BCUT2D eigenvalue weighted by Crippen LogP contribution is 2.20. The minimum atomic E-state index is -0.538. The zero-order chi connectivity index (χ0) is 16.2. The number of nitrogens with zero attached hydrogens (tertiary/aromatic N) is 1. The molecule has 3 rings (SSSR count). The minimum absolute atomic E-state index is 0.324. The van der Waals surface area contributed by atoms with Gasteiger partial charge in [-0.15, -0.1) is 0 Å². The van der Waals surface area contributed by atoms with Gasteiger partial charge in [0.2, 0.25) is 6.41 Å². The fourth-order valence-corrected chi connectivity index (χ4v) is 2.30. The van der Waals surface area contributed by atoms with E-state index in [9.17, 15) is 9.59 Å². The third kappa shape index (κ3) is 2.69. The highest BCUT2D eigenvalue weighted by atomic mass is 16.5. The number of fused-ring (bicyclic) bond motifs is 2. The van der Waals surface area contributed by atoms with E-state index in [-0.39, 0.29) is 0 Å². The molecular formula is C17H12N2O4. The molecule has 0 bridgehead atoms. The lowest BCUT2D eigenvalue weighted by Gasteiger charge is -2.05. The first-order chi connectivity index (χ1) is 11.2. The first kappa shape index (κ1) is 14.5. The third-order valence-corrected chi connectivity index (χ3v) is 3.25. The van der Waals surface area contributed by atoms with Crippen molar-refractivity contribution in [1.29, 1.82) is 0 Å². The maximum absolute atomic E-state index is 11.9. The molecule has 23 heavy (non-hydrogen) atoms. The quantitative estimate of drug-likeness (QED) is 0.264. The second kappa shape index (κ2) is 6.15. The van der Waals surface area contributed by atoms with Gasteiger partial charge in [-0.1, -0.05) is 18.7 Å². The maximum Gasteiger partial charge on any atom is 0.342 e. The van der Waals surface area contributed by atoms with Crippen LogP contribution in [0, 0.1) is 0 Å². The SMILES string of the molecule is C=COC(=O)c1ccc2oc3ccccc3c(=NNC=O)c2c1. The normalized spacial score (nSPS) is 11.4. The average Bonchev–Trinajstić information content (AvgIpc) is 2.58. The zero-order valence-corrected chi connectivity index (χ0v) is 12.0. The number of amides is 1. The fraction of sp³-hybridized carbons (Fsp3) is 0. The van der Waals surface area contributed by atoms with Crippen molar-refractivity contribution in [2.75, 3.05) is 0 Å². The van der Waals surface area contributed by atoms with Crippen molar-refractivity contribution in [3.8, 4) is 0 Å². The number of benzene rings is 2. The molecule has 0 fully saturated rings. The van der Waals surface area contributed by atoms with Crippen LogP contribution in [0.15, 0.2) is 64.8 Å². The number of carbonyl (C=O) groups is 2. The maximum atomic E-state index is 11.9. The van der Waals surface area contributed by atoms with Crippen molar-refractivity contribution >= 4 is 34.3 Å². The number of esters is 1. The molecule has 0 radical (unpaired) electrons. The molecule has 6 heteroatoms. The summed E-state index contributed by atoms with van der Waals surface area (Å²) in [6.07, 6.45) is 1.54. The summed E-state index contributed by atoms with van der Waals surface area (Å²) in [5.41, 5.74) is 3.77. The van der Waals surface area contributed by atoms with Crippen molar-refractivity contribution in [3.63, 3.8) is 0 Å². The topological polar surface area (TPSA) is 80.9 Å². The Balaban J connectivity index is 2.36. The van der Waals surface area contributed by atoms with E-state index < -0.39 is 5.97 Å². The van der Waals surface area contributed by atoms with E-state index in [2.05, 4.69) is 17.1 Å². The number of nitrogens with one attached hydrogen (secondary N) is 1. The highest BCUT2D eigenvalue weighted by Gasteiger charge is 2.11. The number of hydrogen-bond donors (Lipinski definition) is 1. The Kier molecular flexibility index (Phi) is 3.88. The summed E-state index contributed by atoms with van der Waals surface area (Å²) in [6, 6.07) is 12.1. The summed E-state index contributed by atoms with van der Waals surface area (Å²) >= 11 is 0. The second-order valence-electron chi connectivity index (χ2n) is 4.59. The molecule has 0 aliphatic heterocycles. The van der Waals surface area contributed by atoms with Gasteiger partial charge in [0.1, 0.15) is 16.5 Å². The molecule has 1 N–H and O–H groups in total. The predicted molar refractivity (Wildman–Crippen MR) is 84.1 cm³/mol. The minimum Gasteiger partial charge on any atom is -0.456 e. The standard InChI is InChI=1S/C17H12N2O4/c1-2-22-17(21)11-7-8-15-13(9-11)16(19-18-10-20)12-5-3-4-6-14(12)23-15/h2-10H,1H2,(H,18,20). The monoisotopic (exact) mass is 308 g/mol. The van der Waals surface area contributed by atoms with Crippen LogP contribution >= 0.6 is 0 Å². The van der Waals surface area contributed by atoms with Gasteiger partial charge >= 0.3 is 5.97 Å². The van der Waals surface area contributed by atoms with Crippen molar-refractivity contribution in [3.05, 3.63) is 66.2 Å². The first-order valence-electron chi connectivity index (χ1n) is 6.75. The Bertz CT molecular complexity index is 989. The average molecular weight is 308 g/mol. The van der Waals surface area contributed by atoms with Crippen molar-refractivity contribution in [2.45, 2.75) is 0 Å². The summed E-state index contributed by atoms with van der Waals surface area (Å²) in [6.45, 7) is 3.36. The second-order valence-corrected chi connectivity index (χ2v) is 4.59. The first-order valence-corrected chi connectivity index (χ1v) is 6.75. The van der Waals surface area contributed by atoms with Crippen molar-refractivity contribution < 1.29 is 18.7 Å². The van der Waals surface area contributed by atoms with Crippen molar-refractivity contribution in [2.24, 2.45) is 5.10 Å². The summed E-state index contributed by atoms with van der Waals surface area (Å²) in [7, 11) is 0. The molecule has 0 saturated heterocycles. The Labute approximate surface area is 130 Å². The van der Waals surface area contributed by atoms with Crippen LogP contribution in [0.2, 0.25) is 0 Å². The van der Waals surface area contributed by atoms with E-state index in [1.54, 1.807) is 24.3 Å². The van der Waals surface area contributed by atoms with E-state index in [0.29, 0.717) is 39.3 Å². The Morgan fingerprint density at radius 2 is 1.96 bits per heavy atom. The number of carbonyl (C=O) groups excluding carboxylic acids is 2. The summed E-state index contributed by atoms with van der Waals surface area (Å²) in [5, 5.41) is 5.87. The van der Waals surface area contributed by atoms with Crippen LogP contribution < -0.4 is 10.8 Å². The van der Waals surface area contributed by atoms with Crippen LogP contribution in [-0.2, 0) is 9.53 Å². The van der Waals surface area contributed by atoms with Crippen LogP contribution in [0.25, 0.3) is 21.9 Å². The number of ether oxygens (including phenoxy) is 1. The van der Waals surface area contributed by atoms with Crippen LogP contribution in [0.4, 0.5) is 0 Å². The molecule has 0 unspecified atom stereocenters. The van der Waals surface area contributed by atoms with Gasteiger partial charge in [-0.25, -0.2) is 10.2 Å². The lowest BCUT2D eigenvalue weighted by atomic mass is 10.1. The van der Waals surface area contributed by atoms with E-state index in [0.717, 1.165) is 6.26 Å². The van der Waals surface area contributed by atoms with E-state index in [1.165, 1.54) is 0 Å². The van der Waals surface area contributed by atoms with Gasteiger partial charge in [0, 0.05) is 10.8 Å². The molecule has 0 spiro atoms. The van der Waals surface area contributed by atoms with E-state index >= 15 is 0 Å². The molecule has 2 aromatic carbocycles. The molecule has 0 saturated carbocycles. The van der Waals surface area contributed by atoms with E-state index in [4.69, 9.17) is 9.15 Å². The van der Waals surface area contributed by atoms with Crippen LogP contribution in [0.1, 0.15) is 10.4 Å². The summed E-state index contributed by atoms with van der Waals surface area (Å²) < 4.78 is 10.6. The molecule has 0 atom stereocenters.